The van der Waals surface area contributed by atoms with Crippen LogP contribution in [0.25, 0.3) is 10.2 Å². The molecule has 5 rings (SSSR count). The van der Waals surface area contributed by atoms with Crippen LogP contribution in [0.4, 0.5) is 5.69 Å². The maximum absolute atomic E-state index is 13.5. The Labute approximate surface area is 173 Å². The van der Waals surface area contributed by atoms with Gasteiger partial charge >= 0.3 is 0 Å². The van der Waals surface area contributed by atoms with Crippen molar-refractivity contribution >= 4 is 37.3 Å². The summed E-state index contributed by atoms with van der Waals surface area (Å²) < 4.78 is 31.4. The van der Waals surface area contributed by atoms with Crippen molar-refractivity contribution in [3.63, 3.8) is 0 Å². The monoisotopic (exact) mass is 424 g/mol. The predicted molar refractivity (Wildman–Crippen MR) is 115 cm³/mol. The fourth-order valence-corrected chi connectivity index (χ4v) is 6.82. The zero-order valence-electron chi connectivity index (χ0n) is 16.2. The highest BCUT2D eigenvalue weighted by Crippen LogP contribution is 2.35. The van der Waals surface area contributed by atoms with Crippen LogP contribution in [0, 0.1) is 13.8 Å². The van der Waals surface area contributed by atoms with E-state index in [9.17, 15) is 8.42 Å². The first kappa shape index (κ1) is 18.3. The van der Waals surface area contributed by atoms with E-state index >= 15 is 0 Å². The van der Waals surface area contributed by atoms with Gasteiger partial charge in [0.25, 0.3) is 10.0 Å². The highest BCUT2D eigenvalue weighted by molar-refractivity contribution is 7.93. The van der Waals surface area contributed by atoms with Crippen molar-refractivity contribution in [2.45, 2.75) is 31.7 Å². The third kappa shape index (κ3) is 2.94. The highest BCUT2D eigenvalue weighted by atomic mass is 32.2. The van der Waals surface area contributed by atoms with Crippen molar-refractivity contribution in [2.75, 3.05) is 10.8 Å². The minimum atomic E-state index is -3.68. The van der Waals surface area contributed by atoms with E-state index in [1.165, 1.54) is 4.31 Å². The van der Waals surface area contributed by atoms with Crippen LogP contribution in [0.15, 0.2) is 53.4 Å². The van der Waals surface area contributed by atoms with Gasteiger partial charge in [-0.3, -0.25) is 8.99 Å². The normalized spacial score (nSPS) is 13.9. The molecule has 0 spiro atoms. The van der Waals surface area contributed by atoms with E-state index in [1.807, 2.05) is 55.5 Å². The highest BCUT2D eigenvalue weighted by Gasteiger charge is 2.35. The van der Waals surface area contributed by atoms with E-state index in [-0.39, 0.29) is 0 Å². The zero-order chi connectivity index (χ0) is 20.2. The van der Waals surface area contributed by atoms with E-state index in [0.29, 0.717) is 29.4 Å². The van der Waals surface area contributed by atoms with Crippen LogP contribution in [-0.4, -0.2) is 29.7 Å². The molecule has 3 heterocycles. The van der Waals surface area contributed by atoms with Crippen LogP contribution in [-0.2, 0) is 23.0 Å². The van der Waals surface area contributed by atoms with Gasteiger partial charge in [-0.05, 0) is 44.0 Å². The molecule has 0 aliphatic carbocycles. The van der Waals surface area contributed by atoms with Crippen LogP contribution in [0.3, 0.4) is 0 Å². The number of rotatable bonds is 4. The van der Waals surface area contributed by atoms with Crippen molar-refractivity contribution in [1.82, 2.24) is 14.8 Å². The summed E-state index contributed by atoms with van der Waals surface area (Å²) in [6.07, 6.45) is 0.730. The quantitative estimate of drug-likeness (QED) is 0.498. The maximum Gasteiger partial charge on any atom is 0.268 e. The minimum Gasteiger partial charge on any atom is -0.266 e. The average Bonchev–Trinajstić information content (AvgIpc) is 3.37. The van der Waals surface area contributed by atoms with Crippen molar-refractivity contribution in [2.24, 2.45) is 0 Å². The largest absolute Gasteiger partial charge is 0.268 e. The van der Waals surface area contributed by atoms with Gasteiger partial charge in [0, 0.05) is 6.54 Å². The number of thiazole rings is 1. The van der Waals surface area contributed by atoms with Crippen molar-refractivity contribution in [3.05, 3.63) is 70.5 Å². The van der Waals surface area contributed by atoms with Crippen molar-refractivity contribution in [3.8, 4) is 0 Å². The van der Waals surface area contributed by atoms with Gasteiger partial charge in [-0.15, -0.1) is 11.3 Å². The molecule has 4 aromatic rings. The summed E-state index contributed by atoms with van der Waals surface area (Å²) in [7, 11) is -3.68. The van der Waals surface area contributed by atoms with Crippen LogP contribution in [0.5, 0.6) is 0 Å². The van der Waals surface area contributed by atoms with Crippen LogP contribution >= 0.6 is 11.3 Å². The molecule has 29 heavy (non-hydrogen) atoms. The number of aromatic nitrogens is 3. The molecule has 0 N–H and O–H groups in total. The van der Waals surface area contributed by atoms with E-state index in [1.54, 1.807) is 22.9 Å². The number of para-hydroxylation sites is 2. The Balaban J connectivity index is 1.53. The zero-order valence-corrected chi connectivity index (χ0v) is 17.8. The third-order valence-corrected chi connectivity index (χ3v) is 8.42. The number of fused-ring (bicyclic) bond motifs is 2. The van der Waals surface area contributed by atoms with Crippen molar-refractivity contribution < 1.29 is 8.42 Å². The molecule has 0 radical (unpaired) electrons. The molecule has 0 bridgehead atoms. The molecule has 6 nitrogen and oxygen atoms in total. The SMILES string of the molecule is Cc1nn(Cc2nc3ccccc3s2)c(C)c1S(=O)(=O)N1CCc2ccccc21. The minimum absolute atomic E-state index is 0.301. The van der Waals surface area contributed by atoms with Crippen molar-refractivity contribution in [1.29, 1.82) is 0 Å². The molecule has 1 aliphatic rings. The summed E-state index contributed by atoms with van der Waals surface area (Å²) in [5, 5.41) is 5.46. The molecule has 0 unspecified atom stereocenters. The van der Waals surface area contributed by atoms with Gasteiger partial charge in [0.05, 0.1) is 33.8 Å². The molecular weight excluding hydrogens is 404 g/mol. The van der Waals surface area contributed by atoms with Gasteiger partial charge in [0.1, 0.15) is 9.90 Å². The molecule has 2 aromatic heterocycles. The number of aryl methyl sites for hydroxylation is 1. The molecular formula is C21H20N4O2S2. The second-order valence-corrected chi connectivity index (χ2v) is 10.1. The summed E-state index contributed by atoms with van der Waals surface area (Å²) in [6, 6.07) is 15.7. The van der Waals surface area contributed by atoms with Gasteiger partial charge in [-0.1, -0.05) is 30.3 Å². The number of benzene rings is 2. The van der Waals surface area contributed by atoms with Gasteiger partial charge in [0.2, 0.25) is 0 Å². The molecule has 8 heteroatoms. The number of anilines is 1. The number of nitrogens with zero attached hydrogens (tertiary/aromatic N) is 4. The maximum atomic E-state index is 13.5. The lowest BCUT2D eigenvalue weighted by molar-refractivity contribution is 0.590. The lowest BCUT2D eigenvalue weighted by Gasteiger charge is -2.19. The molecule has 0 amide bonds. The van der Waals surface area contributed by atoms with E-state index in [2.05, 4.69) is 10.1 Å². The molecule has 1 aliphatic heterocycles. The number of hydrogen-bond donors (Lipinski definition) is 0. The summed E-state index contributed by atoms with van der Waals surface area (Å²) in [6.45, 7) is 4.50. The van der Waals surface area contributed by atoms with E-state index in [0.717, 1.165) is 32.9 Å². The summed E-state index contributed by atoms with van der Waals surface area (Å²) >= 11 is 1.61. The second-order valence-electron chi connectivity index (χ2n) is 7.19. The van der Waals surface area contributed by atoms with E-state index in [4.69, 9.17) is 0 Å². The molecule has 2 aromatic carbocycles. The summed E-state index contributed by atoms with van der Waals surface area (Å²) in [4.78, 5) is 4.96. The first-order chi connectivity index (χ1) is 13.9. The van der Waals surface area contributed by atoms with Crippen LogP contribution in [0.1, 0.15) is 22.0 Å². The Bertz CT molecular complexity index is 1300. The number of sulfonamides is 1. The Hall–Kier alpha value is -2.71. The Morgan fingerprint density at radius 2 is 1.83 bits per heavy atom. The van der Waals surface area contributed by atoms with Crippen LogP contribution < -0.4 is 4.31 Å². The van der Waals surface area contributed by atoms with Gasteiger partial charge < -0.3 is 0 Å². The lowest BCUT2D eigenvalue weighted by atomic mass is 10.2. The molecule has 148 valence electrons. The predicted octanol–water partition coefficient (Wildman–Crippen LogP) is 3.91. The standard InChI is InChI=1S/C21H20N4O2S2/c1-14-21(29(26,27)25-12-11-16-7-3-5-9-18(16)25)15(2)24(23-14)13-20-22-17-8-4-6-10-19(17)28-20/h3-10H,11-13H2,1-2H3. The fraction of sp³-hybridized carbons (Fsp3) is 0.238. The Kier molecular flexibility index (Phi) is 4.22. The van der Waals surface area contributed by atoms with Gasteiger partial charge in [-0.2, -0.15) is 5.10 Å². The molecule has 0 saturated carbocycles. The first-order valence-electron chi connectivity index (χ1n) is 9.44. The summed E-state index contributed by atoms with van der Waals surface area (Å²) in [5.74, 6) is 0. The van der Waals surface area contributed by atoms with Gasteiger partial charge in [0.15, 0.2) is 0 Å². The lowest BCUT2D eigenvalue weighted by Crippen LogP contribution is -2.30. The topological polar surface area (TPSA) is 68.1 Å². The Morgan fingerprint density at radius 1 is 1.07 bits per heavy atom. The third-order valence-electron chi connectivity index (χ3n) is 5.33. The van der Waals surface area contributed by atoms with Crippen LogP contribution in [0.2, 0.25) is 0 Å². The van der Waals surface area contributed by atoms with E-state index < -0.39 is 10.0 Å². The average molecular weight is 425 g/mol. The molecule has 0 fully saturated rings. The number of hydrogen-bond acceptors (Lipinski definition) is 5. The summed E-state index contributed by atoms with van der Waals surface area (Å²) in [5.41, 5.74) is 3.95. The molecule has 0 atom stereocenters. The molecule has 0 saturated heterocycles. The second kappa shape index (κ2) is 6.67. The fourth-order valence-electron chi connectivity index (χ4n) is 3.99. The smallest absolute Gasteiger partial charge is 0.266 e. The van der Waals surface area contributed by atoms with Gasteiger partial charge in [-0.25, -0.2) is 13.4 Å². The first-order valence-corrected chi connectivity index (χ1v) is 11.7. The Morgan fingerprint density at radius 3 is 2.66 bits per heavy atom.